The summed E-state index contributed by atoms with van der Waals surface area (Å²) >= 11 is 0. The van der Waals surface area contributed by atoms with Crippen LogP contribution in [0, 0.1) is 0 Å². The van der Waals surface area contributed by atoms with Crippen molar-refractivity contribution in [1.82, 2.24) is 25.0 Å². The van der Waals surface area contributed by atoms with E-state index in [0.717, 1.165) is 28.0 Å². The van der Waals surface area contributed by atoms with Crippen LogP contribution in [0.2, 0.25) is 0 Å². The van der Waals surface area contributed by atoms with Crippen molar-refractivity contribution in [2.75, 3.05) is 7.11 Å². The molecule has 2 aromatic carbocycles. The first-order valence-electron chi connectivity index (χ1n) is 7.12. The van der Waals surface area contributed by atoms with Crippen molar-refractivity contribution in [3.05, 3.63) is 60.9 Å². The van der Waals surface area contributed by atoms with E-state index in [1.54, 1.807) is 18.0 Å². The minimum absolute atomic E-state index is 0.635. The van der Waals surface area contributed by atoms with Crippen LogP contribution in [0.25, 0.3) is 28.1 Å². The highest BCUT2D eigenvalue weighted by molar-refractivity contribution is 5.74. The van der Waals surface area contributed by atoms with Gasteiger partial charge in [-0.1, -0.05) is 17.3 Å². The van der Waals surface area contributed by atoms with Crippen LogP contribution in [0.15, 0.2) is 60.9 Å². The Kier molecular flexibility index (Phi) is 3.20. The maximum Gasteiger partial charge on any atom is 0.174 e. The summed E-state index contributed by atoms with van der Waals surface area (Å²) in [6.45, 7) is 0. The van der Waals surface area contributed by atoms with Crippen LogP contribution in [-0.4, -0.2) is 32.1 Å². The number of benzene rings is 2. The molecule has 0 unspecified atom stereocenters. The zero-order valence-corrected chi connectivity index (χ0v) is 12.4. The minimum atomic E-state index is 0.635. The van der Waals surface area contributed by atoms with E-state index >= 15 is 0 Å². The molecule has 23 heavy (non-hydrogen) atoms. The van der Waals surface area contributed by atoms with Gasteiger partial charge in [0.1, 0.15) is 11.4 Å². The van der Waals surface area contributed by atoms with Gasteiger partial charge in [-0.2, -0.15) is 0 Å². The van der Waals surface area contributed by atoms with Gasteiger partial charge in [0.05, 0.1) is 30.5 Å². The second-order valence-electron chi connectivity index (χ2n) is 4.99. The summed E-state index contributed by atoms with van der Waals surface area (Å²) in [5, 5.41) is 8.35. The lowest BCUT2D eigenvalue weighted by molar-refractivity contribution is 0.415. The van der Waals surface area contributed by atoms with Gasteiger partial charge in [0.25, 0.3) is 0 Å². The number of para-hydroxylation sites is 2. The largest absolute Gasteiger partial charge is 0.497 e. The third kappa shape index (κ3) is 2.50. The molecule has 2 heterocycles. The molecular formula is C17H13N5O. The Morgan fingerprint density at radius 3 is 2.52 bits per heavy atom. The van der Waals surface area contributed by atoms with Crippen LogP contribution < -0.4 is 4.74 Å². The molecule has 0 atom stereocenters. The third-order valence-electron chi connectivity index (χ3n) is 3.55. The van der Waals surface area contributed by atoms with Gasteiger partial charge in [-0.15, -0.1) is 5.10 Å². The summed E-state index contributed by atoms with van der Waals surface area (Å²) in [6.07, 6.45) is 3.52. The average molecular weight is 303 g/mol. The van der Waals surface area contributed by atoms with Crippen LogP contribution in [0.1, 0.15) is 0 Å². The molecule has 2 aromatic heterocycles. The van der Waals surface area contributed by atoms with E-state index in [0.29, 0.717) is 5.82 Å². The van der Waals surface area contributed by atoms with E-state index in [1.807, 2.05) is 54.7 Å². The van der Waals surface area contributed by atoms with Crippen LogP contribution in [0.4, 0.5) is 0 Å². The van der Waals surface area contributed by atoms with Crippen LogP contribution in [-0.2, 0) is 0 Å². The molecule has 0 spiro atoms. The molecule has 0 N–H and O–H groups in total. The second kappa shape index (κ2) is 5.49. The van der Waals surface area contributed by atoms with E-state index < -0.39 is 0 Å². The highest BCUT2D eigenvalue weighted by atomic mass is 16.5. The van der Waals surface area contributed by atoms with Crippen molar-refractivity contribution >= 4 is 11.0 Å². The molecule has 0 aliphatic heterocycles. The number of ether oxygens (including phenoxy) is 1. The lowest BCUT2D eigenvalue weighted by Gasteiger charge is -2.01. The maximum atomic E-state index is 5.16. The number of methoxy groups -OCH3 is 1. The van der Waals surface area contributed by atoms with E-state index in [-0.39, 0.29) is 0 Å². The highest BCUT2D eigenvalue weighted by Crippen LogP contribution is 2.21. The molecule has 4 aromatic rings. The van der Waals surface area contributed by atoms with Gasteiger partial charge in [-0.05, 0) is 36.4 Å². The number of aromatic nitrogens is 5. The summed E-state index contributed by atoms with van der Waals surface area (Å²) in [7, 11) is 1.64. The van der Waals surface area contributed by atoms with Gasteiger partial charge in [-0.25, -0.2) is 9.67 Å². The van der Waals surface area contributed by atoms with Gasteiger partial charge in [0.2, 0.25) is 0 Å². The topological polar surface area (TPSA) is 65.7 Å². The first-order chi connectivity index (χ1) is 11.3. The predicted octanol–water partition coefficient (Wildman–Crippen LogP) is 2.89. The van der Waals surface area contributed by atoms with Gasteiger partial charge >= 0.3 is 0 Å². The van der Waals surface area contributed by atoms with Crippen molar-refractivity contribution in [2.24, 2.45) is 0 Å². The van der Waals surface area contributed by atoms with E-state index in [9.17, 15) is 0 Å². The molecular weight excluding hydrogens is 290 g/mol. The zero-order valence-electron chi connectivity index (χ0n) is 12.4. The molecule has 0 saturated heterocycles. The Balaban J connectivity index is 1.70. The maximum absolute atomic E-state index is 5.16. The number of nitrogens with zero attached hydrogens (tertiary/aromatic N) is 5. The fraction of sp³-hybridized carbons (Fsp3) is 0.0588. The zero-order chi connectivity index (χ0) is 15.6. The summed E-state index contributed by atoms with van der Waals surface area (Å²) in [6, 6.07) is 15.4. The molecule has 6 heteroatoms. The molecule has 4 rings (SSSR count). The quantitative estimate of drug-likeness (QED) is 0.582. The molecule has 0 saturated carbocycles. The van der Waals surface area contributed by atoms with Crippen molar-refractivity contribution in [3.63, 3.8) is 0 Å². The molecule has 6 nitrogen and oxygen atoms in total. The Bertz CT molecular complexity index is 962. The fourth-order valence-electron chi connectivity index (χ4n) is 2.33. The van der Waals surface area contributed by atoms with Gasteiger partial charge in [0.15, 0.2) is 5.82 Å². The van der Waals surface area contributed by atoms with Crippen LogP contribution >= 0.6 is 0 Å². The standard InChI is InChI=1S/C17H13N5O/c1-23-13-8-6-12(7-9-13)16-11-22(21-20-16)17-10-18-14-4-2-3-5-15(14)19-17/h2-11H,1H3. The second-order valence-corrected chi connectivity index (χ2v) is 4.99. The molecule has 0 amide bonds. The van der Waals surface area contributed by atoms with Crippen molar-refractivity contribution in [3.8, 4) is 22.8 Å². The number of hydrogen-bond donors (Lipinski definition) is 0. The highest BCUT2D eigenvalue weighted by Gasteiger charge is 2.07. The van der Waals surface area contributed by atoms with Crippen LogP contribution in [0.3, 0.4) is 0 Å². The normalized spacial score (nSPS) is 10.8. The molecule has 112 valence electrons. The van der Waals surface area contributed by atoms with Crippen LogP contribution in [0.5, 0.6) is 5.75 Å². The molecule has 0 bridgehead atoms. The summed E-state index contributed by atoms with van der Waals surface area (Å²) < 4.78 is 6.78. The predicted molar refractivity (Wildman–Crippen MR) is 86.4 cm³/mol. The monoisotopic (exact) mass is 303 g/mol. The Hall–Kier alpha value is -3.28. The SMILES string of the molecule is COc1ccc(-c2cn(-c3cnc4ccccc4n3)nn2)cc1. The third-order valence-corrected chi connectivity index (χ3v) is 3.55. The van der Waals surface area contributed by atoms with Gasteiger partial charge in [0, 0.05) is 5.56 Å². The Morgan fingerprint density at radius 2 is 1.74 bits per heavy atom. The average Bonchev–Trinajstić information content (AvgIpc) is 3.11. The Morgan fingerprint density at radius 1 is 0.957 bits per heavy atom. The van der Waals surface area contributed by atoms with Crippen molar-refractivity contribution in [2.45, 2.75) is 0 Å². The Labute approximate surface area is 132 Å². The first-order valence-corrected chi connectivity index (χ1v) is 7.12. The van der Waals surface area contributed by atoms with E-state index in [2.05, 4.69) is 20.3 Å². The van der Waals surface area contributed by atoms with E-state index in [1.165, 1.54) is 0 Å². The number of rotatable bonds is 3. The van der Waals surface area contributed by atoms with Crippen molar-refractivity contribution < 1.29 is 4.74 Å². The fourth-order valence-corrected chi connectivity index (χ4v) is 2.33. The van der Waals surface area contributed by atoms with E-state index in [4.69, 9.17) is 4.74 Å². The van der Waals surface area contributed by atoms with Crippen molar-refractivity contribution in [1.29, 1.82) is 0 Å². The minimum Gasteiger partial charge on any atom is -0.497 e. The molecule has 0 radical (unpaired) electrons. The summed E-state index contributed by atoms with van der Waals surface area (Å²) in [4.78, 5) is 8.95. The lowest BCUT2D eigenvalue weighted by Crippen LogP contribution is -1.99. The smallest absolute Gasteiger partial charge is 0.174 e. The van der Waals surface area contributed by atoms with Gasteiger partial charge in [-0.3, -0.25) is 4.98 Å². The van der Waals surface area contributed by atoms with Gasteiger partial charge < -0.3 is 4.74 Å². The number of hydrogen-bond acceptors (Lipinski definition) is 5. The number of fused-ring (bicyclic) bond motifs is 1. The molecule has 0 aliphatic rings. The summed E-state index contributed by atoms with van der Waals surface area (Å²) in [5.41, 5.74) is 3.41. The lowest BCUT2D eigenvalue weighted by atomic mass is 10.2. The molecule has 0 aliphatic carbocycles. The first kappa shape index (κ1) is 13.4. The molecule has 0 fully saturated rings. The summed E-state index contributed by atoms with van der Waals surface area (Å²) in [5.74, 6) is 1.44.